The fraction of sp³-hybridized carbons (Fsp3) is 0.562. The lowest BCUT2D eigenvalue weighted by Gasteiger charge is -2.14. The van der Waals surface area contributed by atoms with E-state index in [1.54, 1.807) is 4.90 Å². The zero-order valence-corrected chi connectivity index (χ0v) is 12.0. The lowest BCUT2D eigenvalue weighted by atomic mass is 9.94. The van der Waals surface area contributed by atoms with E-state index in [0.29, 0.717) is 0 Å². The van der Waals surface area contributed by atoms with Gasteiger partial charge in [-0.15, -0.1) is 0 Å². The van der Waals surface area contributed by atoms with Crippen LogP contribution >= 0.6 is 0 Å². The molecule has 1 aliphatic heterocycles. The van der Waals surface area contributed by atoms with Gasteiger partial charge in [-0.1, -0.05) is 38.8 Å². The second-order valence-electron chi connectivity index (χ2n) is 5.33. The smallest absolute Gasteiger partial charge is 0.234 e. The number of aliphatic hydroxyl groups excluding tert-OH is 1. The van der Waals surface area contributed by atoms with Crippen molar-refractivity contribution in [2.75, 3.05) is 11.9 Å². The van der Waals surface area contributed by atoms with Crippen molar-refractivity contribution in [2.24, 2.45) is 0 Å². The fourth-order valence-electron chi connectivity index (χ4n) is 2.81. The topological polar surface area (TPSA) is 40.5 Å². The predicted octanol–water partition coefficient (Wildman–Crippen LogP) is 3.38. The number of anilines is 1. The van der Waals surface area contributed by atoms with Crippen molar-refractivity contribution in [3.05, 3.63) is 29.3 Å². The Morgan fingerprint density at radius 3 is 2.74 bits per heavy atom. The molecule has 1 heterocycles. The van der Waals surface area contributed by atoms with E-state index in [-0.39, 0.29) is 11.8 Å². The summed E-state index contributed by atoms with van der Waals surface area (Å²) in [6.07, 6.45) is 3.29. The molecule has 0 spiro atoms. The van der Waals surface area contributed by atoms with Gasteiger partial charge in [0, 0.05) is 12.7 Å². The second-order valence-corrected chi connectivity index (χ2v) is 5.33. The van der Waals surface area contributed by atoms with Crippen LogP contribution in [-0.2, 0) is 4.79 Å². The number of carbonyl (C=O) groups excluding carboxylic acids is 1. The molecule has 1 amide bonds. The molecule has 1 aromatic carbocycles. The van der Waals surface area contributed by atoms with Gasteiger partial charge in [-0.25, -0.2) is 0 Å². The minimum atomic E-state index is -0.413. The first-order valence-electron chi connectivity index (χ1n) is 7.19. The molecule has 0 bridgehead atoms. The van der Waals surface area contributed by atoms with Crippen LogP contribution < -0.4 is 4.90 Å². The number of likely N-dealkylation sites (N-methyl/N-ethyl adjacent to an activating group) is 1. The summed E-state index contributed by atoms with van der Waals surface area (Å²) in [5.74, 6) is 0.121. The van der Waals surface area contributed by atoms with Crippen LogP contribution in [0, 0.1) is 0 Å². The van der Waals surface area contributed by atoms with Crippen LogP contribution in [0.2, 0.25) is 0 Å². The van der Waals surface area contributed by atoms with Gasteiger partial charge in [-0.05, 0) is 30.0 Å². The summed E-state index contributed by atoms with van der Waals surface area (Å²) in [7, 11) is 1.82. The summed E-state index contributed by atoms with van der Waals surface area (Å²) in [5.41, 5.74) is 3.00. The summed E-state index contributed by atoms with van der Waals surface area (Å²) in [5, 5.41) is 10.2. The van der Waals surface area contributed by atoms with Gasteiger partial charge in [0.25, 0.3) is 0 Å². The van der Waals surface area contributed by atoms with Gasteiger partial charge in [-0.3, -0.25) is 4.79 Å². The number of carbonyl (C=O) groups is 1. The first-order valence-corrected chi connectivity index (χ1v) is 7.19. The van der Waals surface area contributed by atoms with Crippen molar-refractivity contribution in [2.45, 2.75) is 51.6 Å². The molecule has 0 saturated carbocycles. The third-order valence-corrected chi connectivity index (χ3v) is 4.04. The number of hydrogen-bond donors (Lipinski definition) is 1. The third kappa shape index (κ3) is 2.52. The van der Waals surface area contributed by atoms with Crippen molar-refractivity contribution < 1.29 is 9.90 Å². The molecule has 0 aliphatic carbocycles. The number of nitrogens with zero attached hydrogens (tertiary/aromatic N) is 1. The zero-order chi connectivity index (χ0) is 14.0. The number of aliphatic hydroxyl groups is 1. The van der Waals surface area contributed by atoms with E-state index >= 15 is 0 Å². The number of hydrogen-bond acceptors (Lipinski definition) is 2. The highest BCUT2D eigenvalue weighted by atomic mass is 16.3. The van der Waals surface area contributed by atoms with Crippen LogP contribution in [0.15, 0.2) is 18.2 Å². The van der Waals surface area contributed by atoms with Gasteiger partial charge in [0.15, 0.2) is 0 Å². The van der Waals surface area contributed by atoms with Crippen molar-refractivity contribution in [3.8, 4) is 0 Å². The lowest BCUT2D eigenvalue weighted by molar-refractivity contribution is -0.119. The quantitative estimate of drug-likeness (QED) is 0.882. The van der Waals surface area contributed by atoms with Crippen molar-refractivity contribution in [1.82, 2.24) is 0 Å². The van der Waals surface area contributed by atoms with Crippen LogP contribution in [0.25, 0.3) is 0 Å². The average Bonchev–Trinajstić information content (AvgIpc) is 2.67. The van der Waals surface area contributed by atoms with Gasteiger partial charge < -0.3 is 10.0 Å². The number of benzene rings is 1. The Morgan fingerprint density at radius 1 is 1.37 bits per heavy atom. The standard InChI is InChI=1S/C16H23NO2/c1-4-6-7-15(18)11-8-9-14-13(10-11)12(5-2)16(19)17(14)3/h8-10,12,15,18H,4-7H2,1-3H3. The number of unbranched alkanes of at least 4 members (excludes halogenated alkanes) is 1. The highest BCUT2D eigenvalue weighted by molar-refractivity contribution is 6.04. The molecule has 1 aromatic rings. The molecule has 1 aliphatic rings. The molecule has 1 N–H and O–H groups in total. The average molecular weight is 261 g/mol. The Balaban J connectivity index is 2.29. The van der Waals surface area contributed by atoms with Crippen molar-refractivity contribution >= 4 is 11.6 Å². The molecule has 104 valence electrons. The Labute approximate surface area is 115 Å². The first kappa shape index (κ1) is 14.1. The summed E-state index contributed by atoms with van der Waals surface area (Å²) < 4.78 is 0. The molecular formula is C16H23NO2. The Hall–Kier alpha value is -1.35. The van der Waals surface area contributed by atoms with Crippen LogP contribution in [0.4, 0.5) is 5.69 Å². The number of fused-ring (bicyclic) bond motifs is 1. The normalized spacial score (nSPS) is 19.7. The molecule has 2 rings (SSSR count). The van der Waals surface area contributed by atoms with Crippen LogP contribution in [-0.4, -0.2) is 18.1 Å². The zero-order valence-electron chi connectivity index (χ0n) is 12.0. The SMILES string of the molecule is CCCCC(O)c1ccc2c(c1)C(CC)C(=O)N2C. The summed E-state index contributed by atoms with van der Waals surface area (Å²) in [4.78, 5) is 13.8. The van der Waals surface area contributed by atoms with Gasteiger partial charge >= 0.3 is 0 Å². The van der Waals surface area contributed by atoms with Crippen molar-refractivity contribution in [3.63, 3.8) is 0 Å². The monoisotopic (exact) mass is 261 g/mol. The van der Waals surface area contributed by atoms with Crippen LogP contribution in [0.1, 0.15) is 62.7 Å². The minimum absolute atomic E-state index is 0.0432. The molecule has 3 nitrogen and oxygen atoms in total. The fourth-order valence-corrected chi connectivity index (χ4v) is 2.81. The Morgan fingerprint density at radius 2 is 2.11 bits per heavy atom. The van der Waals surface area contributed by atoms with E-state index in [2.05, 4.69) is 6.92 Å². The molecule has 19 heavy (non-hydrogen) atoms. The lowest BCUT2D eigenvalue weighted by Crippen LogP contribution is -2.23. The van der Waals surface area contributed by atoms with E-state index < -0.39 is 6.10 Å². The largest absolute Gasteiger partial charge is 0.388 e. The molecule has 2 atom stereocenters. The van der Waals surface area contributed by atoms with E-state index in [9.17, 15) is 9.90 Å². The maximum absolute atomic E-state index is 12.1. The highest BCUT2D eigenvalue weighted by Crippen LogP contribution is 2.39. The van der Waals surface area contributed by atoms with Gasteiger partial charge in [-0.2, -0.15) is 0 Å². The second kappa shape index (κ2) is 5.74. The summed E-state index contributed by atoms with van der Waals surface area (Å²) in [6, 6.07) is 5.93. The molecule has 0 aromatic heterocycles. The molecule has 0 saturated heterocycles. The van der Waals surface area contributed by atoms with E-state index in [1.165, 1.54) is 0 Å². The number of amides is 1. The maximum atomic E-state index is 12.1. The van der Waals surface area contributed by atoms with Crippen molar-refractivity contribution in [1.29, 1.82) is 0 Å². The van der Waals surface area contributed by atoms with E-state index in [1.807, 2.05) is 32.2 Å². The predicted molar refractivity (Wildman–Crippen MR) is 77.4 cm³/mol. The van der Waals surface area contributed by atoms with Gasteiger partial charge in [0.2, 0.25) is 5.91 Å². The minimum Gasteiger partial charge on any atom is -0.388 e. The summed E-state index contributed by atoms with van der Waals surface area (Å²) in [6.45, 7) is 4.15. The molecular weight excluding hydrogens is 238 g/mol. The van der Waals surface area contributed by atoms with Gasteiger partial charge in [0.05, 0.1) is 12.0 Å². The molecule has 0 fully saturated rings. The number of rotatable bonds is 5. The van der Waals surface area contributed by atoms with E-state index in [0.717, 1.165) is 42.5 Å². The van der Waals surface area contributed by atoms with E-state index in [4.69, 9.17) is 0 Å². The third-order valence-electron chi connectivity index (χ3n) is 4.04. The molecule has 3 heteroatoms. The Kier molecular flexibility index (Phi) is 4.25. The van der Waals surface area contributed by atoms with Crippen LogP contribution in [0.5, 0.6) is 0 Å². The van der Waals surface area contributed by atoms with Gasteiger partial charge in [0.1, 0.15) is 0 Å². The Bertz CT molecular complexity index is 470. The first-order chi connectivity index (χ1) is 9.10. The maximum Gasteiger partial charge on any atom is 0.234 e. The summed E-state index contributed by atoms with van der Waals surface area (Å²) >= 11 is 0. The highest BCUT2D eigenvalue weighted by Gasteiger charge is 2.34. The van der Waals surface area contributed by atoms with Crippen LogP contribution in [0.3, 0.4) is 0 Å². The molecule has 0 radical (unpaired) electrons. The molecule has 2 unspecified atom stereocenters.